The van der Waals surface area contributed by atoms with Crippen LogP contribution in [0.5, 0.6) is 5.75 Å². The number of carbonyl (C=O) groups is 2. The minimum atomic E-state index is -0.874. The highest BCUT2D eigenvalue weighted by atomic mass is 19.1. The van der Waals surface area contributed by atoms with Gasteiger partial charge in [0.05, 0.1) is 18.7 Å². The molecule has 24 heavy (non-hydrogen) atoms. The second-order valence-electron chi connectivity index (χ2n) is 6.43. The molecule has 0 bridgehead atoms. The maximum absolute atomic E-state index is 13.3. The molecular formula is C18H24FNO4. The third-order valence-electron chi connectivity index (χ3n) is 4.49. The summed E-state index contributed by atoms with van der Waals surface area (Å²) in [6.07, 6.45) is 4.62. The summed E-state index contributed by atoms with van der Waals surface area (Å²) in [6, 6.07) is 3.95. The molecule has 1 aliphatic carbocycles. The molecule has 0 spiro atoms. The van der Waals surface area contributed by atoms with E-state index in [2.05, 4.69) is 5.32 Å². The van der Waals surface area contributed by atoms with E-state index in [1.54, 1.807) is 6.92 Å². The third-order valence-corrected chi connectivity index (χ3v) is 4.49. The van der Waals surface area contributed by atoms with Crippen LogP contribution in [0.3, 0.4) is 0 Å². The van der Waals surface area contributed by atoms with Gasteiger partial charge in [0.25, 0.3) is 0 Å². The summed E-state index contributed by atoms with van der Waals surface area (Å²) in [7, 11) is 0. The number of nitrogens with one attached hydrogen (secondary N) is 1. The lowest BCUT2D eigenvalue weighted by atomic mass is 9.69. The fraction of sp³-hybridized carbons (Fsp3) is 0.556. The summed E-state index contributed by atoms with van der Waals surface area (Å²) in [5.41, 5.74) is -0.0792. The number of amides is 1. The van der Waals surface area contributed by atoms with Gasteiger partial charge in [0, 0.05) is 12.5 Å². The van der Waals surface area contributed by atoms with E-state index < -0.39 is 17.2 Å². The molecule has 1 fully saturated rings. The van der Waals surface area contributed by atoms with E-state index >= 15 is 0 Å². The molecule has 1 aliphatic rings. The Bertz CT molecular complexity index is 597. The lowest BCUT2D eigenvalue weighted by Crippen LogP contribution is -2.32. The predicted molar refractivity (Wildman–Crippen MR) is 88.6 cm³/mol. The van der Waals surface area contributed by atoms with E-state index in [9.17, 15) is 19.1 Å². The van der Waals surface area contributed by atoms with Gasteiger partial charge in [-0.25, -0.2) is 4.39 Å². The zero-order valence-corrected chi connectivity index (χ0v) is 13.9. The second-order valence-corrected chi connectivity index (χ2v) is 6.43. The molecule has 0 saturated heterocycles. The Labute approximate surface area is 141 Å². The number of carboxylic acid groups (broad SMARTS) is 1. The molecule has 132 valence electrons. The van der Waals surface area contributed by atoms with Crippen LogP contribution >= 0.6 is 0 Å². The minimum absolute atomic E-state index is 0.00214. The Morgan fingerprint density at radius 3 is 2.58 bits per heavy atom. The molecule has 0 unspecified atom stereocenters. The number of anilines is 1. The van der Waals surface area contributed by atoms with Gasteiger partial charge in [-0.15, -0.1) is 0 Å². The zero-order valence-electron chi connectivity index (χ0n) is 13.9. The number of ether oxygens (including phenoxy) is 1. The number of hydrogen-bond donors (Lipinski definition) is 2. The molecule has 5 nitrogen and oxygen atoms in total. The van der Waals surface area contributed by atoms with Crippen molar-refractivity contribution in [2.45, 2.75) is 51.9 Å². The predicted octanol–water partition coefficient (Wildman–Crippen LogP) is 3.98. The summed E-state index contributed by atoms with van der Waals surface area (Å²) in [4.78, 5) is 23.7. The first-order valence-corrected chi connectivity index (χ1v) is 8.38. The molecule has 6 heteroatoms. The number of carbonyl (C=O) groups excluding carboxylic acids is 1. The summed E-state index contributed by atoms with van der Waals surface area (Å²) in [6.45, 7) is 2.13. The molecule has 1 aromatic rings. The summed E-state index contributed by atoms with van der Waals surface area (Å²) < 4.78 is 18.7. The molecule has 0 atom stereocenters. The maximum atomic E-state index is 13.3. The van der Waals surface area contributed by atoms with Crippen molar-refractivity contribution in [1.82, 2.24) is 0 Å². The van der Waals surface area contributed by atoms with Gasteiger partial charge in [-0.1, -0.05) is 19.3 Å². The van der Waals surface area contributed by atoms with Crippen LogP contribution in [0.15, 0.2) is 18.2 Å². The van der Waals surface area contributed by atoms with E-state index in [1.165, 1.54) is 18.2 Å². The quantitative estimate of drug-likeness (QED) is 0.789. The third kappa shape index (κ3) is 4.94. The first-order chi connectivity index (χ1) is 11.4. The van der Waals surface area contributed by atoms with Crippen molar-refractivity contribution >= 4 is 17.6 Å². The molecule has 2 rings (SSSR count). The second kappa shape index (κ2) is 8.13. The smallest absolute Gasteiger partial charge is 0.303 e. The zero-order chi connectivity index (χ0) is 17.6. The van der Waals surface area contributed by atoms with Crippen LogP contribution in [0, 0.1) is 11.2 Å². The van der Waals surface area contributed by atoms with E-state index in [1.807, 2.05) is 0 Å². The van der Waals surface area contributed by atoms with Crippen LogP contribution < -0.4 is 10.1 Å². The number of benzene rings is 1. The van der Waals surface area contributed by atoms with E-state index in [4.69, 9.17) is 4.74 Å². The first-order valence-electron chi connectivity index (χ1n) is 8.38. The van der Waals surface area contributed by atoms with E-state index in [0.717, 1.165) is 32.1 Å². The van der Waals surface area contributed by atoms with Crippen molar-refractivity contribution in [3.05, 3.63) is 24.0 Å². The van der Waals surface area contributed by atoms with Crippen LogP contribution in [0.4, 0.5) is 10.1 Å². The fourth-order valence-corrected chi connectivity index (χ4v) is 3.45. The van der Waals surface area contributed by atoms with Gasteiger partial charge in [0.1, 0.15) is 11.6 Å². The van der Waals surface area contributed by atoms with Crippen LogP contribution in [0.1, 0.15) is 51.9 Å². The Balaban J connectivity index is 2.09. The molecule has 0 radical (unpaired) electrons. The summed E-state index contributed by atoms with van der Waals surface area (Å²) >= 11 is 0. The number of aliphatic carboxylic acids is 1. The normalized spacial score (nSPS) is 16.4. The van der Waals surface area contributed by atoms with Crippen molar-refractivity contribution in [3.8, 4) is 5.75 Å². The van der Waals surface area contributed by atoms with E-state index in [0.29, 0.717) is 12.3 Å². The van der Waals surface area contributed by atoms with Gasteiger partial charge in [0.2, 0.25) is 5.91 Å². The average Bonchev–Trinajstić information content (AvgIpc) is 2.50. The van der Waals surface area contributed by atoms with Crippen molar-refractivity contribution in [2.75, 3.05) is 11.9 Å². The van der Waals surface area contributed by atoms with Crippen molar-refractivity contribution in [2.24, 2.45) is 5.41 Å². The Morgan fingerprint density at radius 2 is 1.96 bits per heavy atom. The number of carboxylic acids is 1. The van der Waals surface area contributed by atoms with Gasteiger partial charge < -0.3 is 15.2 Å². The van der Waals surface area contributed by atoms with Crippen molar-refractivity contribution in [3.63, 3.8) is 0 Å². The molecule has 0 heterocycles. The monoisotopic (exact) mass is 337 g/mol. The molecule has 1 amide bonds. The van der Waals surface area contributed by atoms with Crippen LogP contribution in [-0.4, -0.2) is 23.6 Å². The van der Waals surface area contributed by atoms with Gasteiger partial charge in [0.15, 0.2) is 0 Å². The standard InChI is InChI=1S/C18H24FNO4/c1-2-24-15-10-13(19)6-7-14(15)20-16(21)11-18(12-17(22)23)8-4-3-5-9-18/h6-7,10H,2-5,8-9,11-12H2,1H3,(H,20,21)(H,22,23). The van der Waals surface area contributed by atoms with Crippen LogP contribution in [0.25, 0.3) is 0 Å². The van der Waals surface area contributed by atoms with Gasteiger partial charge in [-0.05, 0) is 37.3 Å². The van der Waals surface area contributed by atoms with Gasteiger partial charge in [-0.2, -0.15) is 0 Å². The summed E-state index contributed by atoms with van der Waals surface area (Å²) in [5, 5.41) is 11.9. The fourth-order valence-electron chi connectivity index (χ4n) is 3.45. The van der Waals surface area contributed by atoms with Crippen LogP contribution in [-0.2, 0) is 9.59 Å². The van der Waals surface area contributed by atoms with Crippen molar-refractivity contribution < 1.29 is 23.8 Å². The summed E-state index contributed by atoms with van der Waals surface area (Å²) in [5.74, 6) is -1.29. The average molecular weight is 337 g/mol. The lowest BCUT2D eigenvalue weighted by molar-refractivity contribution is -0.140. The molecule has 2 N–H and O–H groups in total. The van der Waals surface area contributed by atoms with Crippen molar-refractivity contribution in [1.29, 1.82) is 0 Å². The van der Waals surface area contributed by atoms with E-state index in [-0.39, 0.29) is 24.5 Å². The number of hydrogen-bond acceptors (Lipinski definition) is 3. The Hall–Kier alpha value is -2.11. The van der Waals surface area contributed by atoms with Gasteiger partial charge >= 0.3 is 5.97 Å². The molecular weight excluding hydrogens is 313 g/mol. The molecule has 0 aromatic heterocycles. The largest absolute Gasteiger partial charge is 0.492 e. The molecule has 1 aromatic carbocycles. The van der Waals surface area contributed by atoms with Gasteiger partial charge in [-0.3, -0.25) is 9.59 Å². The minimum Gasteiger partial charge on any atom is -0.492 e. The Kier molecular flexibility index (Phi) is 6.17. The number of halogens is 1. The maximum Gasteiger partial charge on any atom is 0.303 e. The van der Waals surface area contributed by atoms with Crippen LogP contribution in [0.2, 0.25) is 0 Å². The highest BCUT2D eigenvalue weighted by Crippen LogP contribution is 2.42. The topological polar surface area (TPSA) is 75.6 Å². The first kappa shape index (κ1) is 18.2. The lowest BCUT2D eigenvalue weighted by Gasteiger charge is -2.35. The molecule has 1 saturated carbocycles. The molecule has 0 aliphatic heterocycles. The highest BCUT2D eigenvalue weighted by Gasteiger charge is 2.36. The SMILES string of the molecule is CCOc1cc(F)ccc1NC(=O)CC1(CC(=O)O)CCCCC1. The highest BCUT2D eigenvalue weighted by molar-refractivity contribution is 5.93. The Morgan fingerprint density at radius 1 is 1.25 bits per heavy atom. The number of rotatable bonds is 7.